The summed E-state index contributed by atoms with van der Waals surface area (Å²) < 4.78 is 1.75. The summed E-state index contributed by atoms with van der Waals surface area (Å²) in [6, 6.07) is 3.70. The lowest BCUT2D eigenvalue weighted by Crippen LogP contribution is -2.22. The van der Waals surface area contributed by atoms with E-state index in [-0.39, 0.29) is 23.3 Å². The summed E-state index contributed by atoms with van der Waals surface area (Å²) in [5.74, 6) is 0.127. The van der Waals surface area contributed by atoms with E-state index in [9.17, 15) is 9.59 Å². The van der Waals surface area contributed by atoms with Gasteiger partial charge in [0.1, 0.15) is 0 Å². The number of fused-ring (bicyclic) bond motifs is 1. The molecular formula is C21H25N9O2. The van der Waals surface area contributed by atoms with E-state index in [2.05, 4.69) is 47.2 Å². The molecule has 2 aliphatic rings. The topological polar surface area (TPSA) is 129 Å². The summed E-state index contributed by atoms with van der Waals surface area (Å²) in [5, 5.41) is 20.9. The first-order valence-corrected chi connectivity index (χ1v) is 10.8. The summed E-state index contributed by atoms with van der Waals surface area (Å²) >= 11 is 0. The zero-order chi connectivity index (χ0) is 22.2. The molecule has 1 saturated heterocycles. The van der Waals surface area contributed by atoms with Gasteiger partial charge in [0, 0.05) is 32.1 Å². The lowest BCUT2D eigenvalue weighted by molar-refractivity contribution is -0.117. The second-order valence-electron chi connectivity index (χ2n) is 8.24. The molecule has 3 aromatic rings. The fourth-order valence-electron chi connectivity index (χ4n) is 3.86. The third kappa shape index (κ3) is 3.93. The van der Waals surface area contributed by atoms with Crippen LogP contribution in [0.15, 0.2) is 18.3 Å². The molecule has 4 heterocycles. The summed E-state index contributed by atoms with van der Waals surface area (Å²) in [4.78, 5) is 31.3. The molecule has 0 unspecified atom stereocenters. The van der Waals surface area contributed by atoms with Crippen LogP contribution in [0.1, 0.15) is 41.7 Å². The van der Waals surface area contributed by atoms with Crippen molar-refractivity contribution in [2.45, 2.75) is 32.6 Å². The van der Waals surface area contributed by atoms with Crippen LogP contribution < -0.4 is 20.9 Å². The Labute approximate surface area is 184 Å². The van der Waals surface area contributed by atoms with Gasteiger partial charge in [-0.05, 0) is 44.2 Å². The number of anilines is 4. The molecule has 32 heavy (non-hydrogen) atoms. The zero-order valence-corrected chi connectivity index (χ0v) is 18.1. The Morgan fingerprint density at radius 2 is 1.91 bits per heavy atom. The standard InChI is InChI=1S/C21H25N9O2/c1-12-9-14(29-7-3-4-8-29)11-30-18(12)25-21(28-30)23-15-10-16(24-19(31)13-5-6-13)26-27-17(15)20(32)22-2/h9-11,13H,3-8H2,1-2H3,(H,22,32)(H2,23,24,26,28,31). The van der Waals surface area contributed by atoms with Crippen LogP contribution >= 0.6 is 0 Å². The van der Waals surface area contributed by atoms with Crippen LogP contribution in [0.4, 0.5) is 23.1 Å². The van der Waals surface area contributed by atoms with Crippen molar-refractivity contribution in [1.29, 1.82) is 0 Å². The Balaban J connectivity index is 1.46. The number of hydrogen-bond donors (Lipinski definition) is 3. The van der Waals surface area contributed by atoms with E-state index in [1.54, 1.807) is 10.6 Å². The Kier molecular flexibility index (Phi) is 5.08. The van der Waals surface area contributed by atoms with Gasteiger partial charge in [-0.3, -0.25) is 9.59 Å². The number of hydrogen-bond acceptors (Lipinski definition) is 8. The van der Waals surface area contributed by atoms with Crippen molar-refractivity contribution in [3.05, 3.63) is 29.6 Å². The maximum absolute atomic E-state index is 12.3. The number of rotatable bonds is 6. The molecule has 0 aromatic carbocycles. The molecule has 3 N–H and O–H groups in total. The number of carbonyl (C=O) groups is 2. The number of carbonyl (C=O) groups excluding carboxylic acids is 2. The first-order chi connectivity index (χ1) is 15.5. The van der Waals surface area contributed by atoms with Gasteiger partial charge >= 0.3 is 0 Å². The third-order valence-electron chi connectivity index (χ3n) is 5.76. The molecule has 0 radical (unpaired) electrons. The van der Waals surface area contributed by atoms with E-state index < -0.39 is 5.91 Å². The summed E-state index contributed by atoms with van der Waals surface area (Å²) in [6.45, 7) is 4.08. The Hall–Kier alpha value is -3.76. The predicted octanol–water partition coefficient (Wildman–Crippen LogP) is 1.88. The number of pyridine rings is 1. The highest BCUT2D eigenvalue weighted by Crippen LogP contribution is 2.30. The highest BCUT2D eigenvalue weighted by Gasteiger charge is 2.30. The van der Waals surface area contributed by atoms with E-state index in [0.29, 0.717) is 11.6 Å². The largest absolute Gasteiger partial charge is 0.370 e. The number of nitrogens with one attached hydrogen (secondary N) is 3. The van der Waals surface area contributed by atoms with E-state index in [4.69, 9.17) is 0 Å². The zero-order valence-electron chi connectivity index (χ0n) is 18.1. The predicted molar refractivity (Wildman–Crippen MR) is 119 cm³/mol. The SMILES string of the molecule is CNC(=O)c1nnc(NC(=O)C2CC2)cc1Nc1nc2c(C)cc(N3CCCC3)cn2n1. The van der Waals surface area contributed by atoms with Gasteiger partial charge in [-0.15, -0.1) is 15.3 Å². The molecule has 11 nitrogen and oxygen atoms in total. The van der Waals surface area contributed by atoms with Crippen LogP contribution in [0, 0.1) is 12.8 Å². The van der Waals surface area contributed by atoms with Crippen LogP contribution in [0.2, 0.25) is 0 Å². The van der Waals surface area contributed by atoms with E-state index in [1.165, 1.54) is 19.9 Å². The smallest absolute Gasteiger partial charge is 0.273 e. The molecule has 1 saturated carbocycles. The van der Waals surface area contributed by atoms with Crippen LogP contribution in [0.3, 0.4) is 0 Å². The maximum Gasteiger partial charge on any atom is 0.273 e. The molecule has 1 aliphatic carbocycles. The van der Waals surface area contributed by atoms with Crippen molar-refractivity contribution >= 4 is 40.6 Å². The molecule has 2 amide bonds. The maximum atomic E-state index is 12.3. The average Bonchev–Trinajstić information content (AvgIpc) is 3.33. The fraction of sp³-hybridized carbons (Fsp3) is 0.429. The number of nitrogens with zero attached hydrogens (tertiary/aromatic N) is 6. The molecule has 2 fully saturated rings. The third-order valence-corrected chi connectivity index (χ3v) is 5.76. The molecule has 5 rings (SSSR count). The molecule has 11 heteroatoms. The summed E-state index contributed by atoms with van der Waals surface area (Å²) in [5.41, 5.74) is 3.29. The van der Waals surface area contributed by atoms with Crippen molar-refractivity contribution in [3.63, 3.8) is 0 Å². The van der Waals surface area contributed by atoms with Gasteiger partial charge in [0.15, 0.2) is 17.2 Å². The monoisotopic (exact) mass is 435 g/mol. The van der Waals surface area contributed by atoms with Gasteiger partial charge in [0.05, 0.1) is 17.6 Å². The van der Waals surface area contributed by atoms with Crippen molar-refractivity contribution in [1.82, 2.24) is 30.1 Å². The lowest BCUT2D eigenvalue weighted by atomic mass is 10.2. The van der Waals surface area contributed by atoms with Gasteiger partial charge in [-0.25, -0.2) is 4.52 Å². The number of amides is 2. The van der Waals surface area contributed by atoms with Gasteiger partial charge in [0.25, 0.3) is 5.91 Å². The van der Waals surface area contributed by atoms with Crippen molar-refractivity contribution in [3.8, 4) is 0 Å². The molecule has 0 atom stereocenters. The van der Waals surface area contributed by atoms with Crippen LogP contribution in [-0.4, -0.2) is 56.7 Å². The molecular weight excluding hydrogens is 410 g/mol. The fourth-order valence-corrected chi connectivity index (χ4v) is 3.86. The van der Waals surface area contributed by atoms with Gasteiger partial charge < -0.3 is 20.9 Å². The van der Waals surface area contributed by atoms with Gasteiger partial charge in [-0.1, -0.05) is 0 Å². The van der Waals surface area contributed by atoms with Crippen molar-refractivity contribution in [2.24, 2.45) is 5.92 Å². The second-order valence-corrected chi connectivity index (χ2v) is 8.24. The second kappa shape index (κ2) is 8.06. The van der Waals surface area contributed by atoms with Gasteiger partial charge in [0.2, 0.25) is 11.9 Å². The average molecular weight is 435 g/mol. The molecule has 166 valence electrons. The van der Waals surface area contributed by atoms with Gasteiger partial charge in [-0.2, -0.15) is 4.98 Å². The Morgan fingerprint density at radius 1 is 1.12 bits per heavy atom. The minimum Gasteiger partial charge on any atom is -0.370 e. The van der Waals surface area contributed by atoms with Crippen LogP contribution in [-0.2, 0) is 4.79 Å². The normalized spacial score (nSPS) is 15.8. The number of aromatic nitrogens is 5. The lowest BCUT2D eigenvalue weighted by Gasteiger charge is -2.17. The first kappa shape index (κ1) is 20.2. The highest BCUT2D eigenvalue weighted by molar-refractivity contribution is 5.99. The molecule has 0 bridgehead atoms. The first-order valence-electron chi connectivity index (χ1n) is 10.8. The van der Waals surface area contributed by atoms with Crippen molar-refractivity contribution in [2.75, 3.05) is 35.7 Å². The van der Waals surface area contributed by atoms with E-state index in [0.717, 1.165) is 42.8 Å². The quantitative estimate of drug-likeness (QED) is 0.535. The Morgan fingerprint density at radius 3 is 2.62 bits per heavy atom. The minimum absolute atomic E-state index is 0.0275. The molecule has 3 aromatic heterocycles. The highest BCUT2D eigenvalue weighted by atomic mass is 16.2. The minimum atomic E-state index is -0.406. The Bertz CT molecular complexity index is 1200. The van der Waals surface area contributed by atoms with Crippen LogP contribution in [0.25, 0.3) is 5.65 Å². The van der Waals surface area contributed by atoms with Crippen molar-refractivity contribution < 1.29 is 9.59 Å². The summed E-state index contributed by atoms with van der Waals surface area (Å²) in [7, 11) is 1.52. The van der Waals surface area contributed by atoms with Crippen LogP contribution in [0.5, 0.6) is 0 Å². The van der Waals surface area contributed by atoms with E-state index in [1.807, 2.05) is 13.1 Å². The molecule has 0 spiro atoms. The summed E-state index contributed by atoms with van der Waals surface area (Å²) in [6.07, 6.45) is 6.11. The van der Waals surface area contributed by atoms with E-state index >= 15 is 0 Å². The molecule has 1 aliphatic heterocycles. The number of aryl methyl sites for hydroxylation is 1.